The number of aliphatic hydroxyl groups excluding tert-OH is 1. The van der Waals surface area contributed by atoms with Gasteiger partial charge < -0.3 is 5.11 Å². The summed E-state index contributed by atoms with van der Waals surface area (Å²) in [7, 11) is 0. The largest absolute Gasteiger partial charge is 0.388 e. The second-order valence-corrected chi connectivity index (χ2v) is 4.67. The lowest BCUT2D eigenvalue weighted by Crippen LogP contribution is -2.09. The first-order valence-corrected chi connectivity index (χ1v) is 6.08. The Morgan fingerprint density at radius 3 is 2.39 bits per heavy atom. The molecule has 0 bridgehead atoms. The van der Waals surface area contributed by atoms with Crippen LogP contribution in [0.3, 0.4) is 0 Å². The van der Waals surface area contributed by atoms with E-state index in [1.807, 2.05) is 44.2 Å². The van der Waals surface area contributed by atoms with Gasteiger partial charge in [-0.25, -0.2) is 4.39 Å². The third-order valence-electron chi connectivity index (χ3n) is 3.27. The monoisotopic (exact) mass is 244 g/mol. The van der Waals surface area contributed by atoms with E-state index in [1.54, 1.807) is 12.1 Å². The molecule has 0 aliphatic heterocycles. The molecule has 0 amide bonds. The zero-order valence-corrected chi connectivity index (χ0v) is 10.6. The Labute approximate surface area is 107 Å². The van der Waals surface area contributed by atoms with Crippen LogP contribution in [0.4, 0.5) is 4.39 Å². The van der Waals surface area contributed by atoms with Gasteiger partial charge in [0.05, 0.1) is 6.10 Å². The summed E-state index contributed by atoms with van der Waals surface area (Å²) in [6.45, 7) is 3.80. The van der Waals surface area contributed by atoms with Crippen molar-refractivity contribution >= 4 is 0 Å². The molecule has 2 aromatic carbocycles. The summed E-state index contributed by atoms with van der Waals surface area (Å²) in [5.74, 6) is -0.488. The molecular weight excluding hydrogens is 227 g/mol. The van der Waals surface area contributed by atoms with Crippen LogP contribution in [-0.2, 0) is 0 Å². The summed E-state index contributed by atoms with van der Waals surface area (Å²) in [5, 5.41) is 10.3. The second-order valence-electron chi connectivity index (χ2n) is 4.67. The highest BCUT2D eigenvalue weighted by Gasteiger charge is 2.21. The molecule has 0 aliphatic rings. The van der Waals surface area contributed by atoms with Gasteiger partial charge in [0, 0.05) is 11.5 Å². The van der Waals surface area contributed by atoms with Gasteiger partial charge in [-0.3, -0.25) is 0 Å². The predicted octanol–water partition coefficient (Wildman–Crippen LogP) is 3.97. The molecule has 2 aromatic rings. The minimum absolute atomic E-state index is 0.137. The molecule has 0 aromatic heterocycles. The Bertz CT molecular complexity index is 522. The quantitative estimate of drug-likeness (QED) is 0.866. The lowest BCUT2D eigenvalue weighted by atomic mass is 9.90. The van der Waals surface area contributed by atoms with Crippen LogP contribution in [0, 0.1) is 12.7 Å². The first kappa shape index (κ1) is 12.8. The lowest BCUT2D eigenvalue weighted by molar-refractivity contribution is 0.147. The molecule has 0 radical (unpaired) electrons. The average molecular weight is 244 g/mol. The van der Waals surface area contributed by atoms with Crippen molar-refractivity contribution in [3.05, 3.63) is 71.0 Å². The smallest absolute Gasteiger partial charge is 0.129 e. The number of benzene rings is 2. The van der Waals surface area contributed by atoms with Gasteiger partial charge >= 0.3 is 0 Å². The molecular formula is C16H17FO. The van der Waals surface area contributed by atoms with E-state index in [4.69, 9.17) is 0 Å². The SMILES string of the molecule is Cc1ccc(F)c(C(O)C(C)c2ccccc2)c1. The van der Waals surface area contributed by atoms with Crippen LogP contribution < -0.4 is 0 Å². The molecule has 94 valence electrons. The van der Waals surface area contributed by atoms with Crippen LogP contribution >= 0.6 is 0 Å². The molecule has 0 fully saturated rings. The van der Waals surface area contributed by atoms with Crippen LogP contribution in [-0.4, -0.2) is 5.11 Å². The van der Waals surface area contributed by atoms with Crippen LogP contribution in [0.2, 0.25) is 0 Å². The van der Waals surface area contributed by atoms with Gasteiger partial charge in [-0.2, -0.15) is 0 Å². The maximum Gasteiger partial charge on any atom is 0.129 e. The van der Waals surface area contributed by atoms with E-state index in [9.17, 15) is 9.50 Å². The van der Waals surface area contributed by atoms with Crippen molar-refractivity contribution in [2.45, 2.75) is 25.9 Å². The summed E-state index contributed by atoms with van der Waals surface area (Å²) >= 11 is 0. The van der Waals surface area contributed by atoms with Crippen molar-refractivity contribution in [1.29, 1.82) is 0 Å². The van der Waals surface area contributed by atoms with Crippen molar-refractivity contribution in [3.63, 3.8) is 0 Å². The van der Waals surface area contributed by atoms with Crippen LogP contribution in [0.1, 0.15) is 35.6 Å². The number of rotatable bonds is 3. The molecule has 0 heterocycles. The molecule has 1 N–H and O–H groups in total. The van der Waals surface area contributed by atoms with E-state index in [0.717, 1.165) is 11.1 Å². The van der Waals surface area contributed by atoms with Gasteiger partial charge in [-0.05, 0) is 18.6 Å². The Hall–Kier alpha value is -1.67. The van der Waals surface area contributed by atoms with E-state index >= 15 is 0 Å². The topological polar surface area (TPSA) is 20.2 Å². The van der Waals surface area contributed by atoms with E-state index < -0.39 is 6.10 Å². The summed E-state index contributed by atoms with van der Waals surface area (Å²) in [5.41, 5.74) is 2.32. The van der Waals surface area contributed by atoms with Crippen LogP contribution in [0.5, 0.6) is 0 Å². The molecule has 2 rings (SSSR count). The molecule has 0 saturated heterocycles. The number of aliphatic hydroxyl groups is 1. The molecule has 0 aliphatic carbocycles. The molecule has 2 atom stereocenters. The highest BCUT2D eigenvalue weighted by molar-refractivity contribution is 5.30. The van der Waals surface area contributed by atoms with E-state index in [0.29, 0.717) is 5.56 Å². The maximum absolute atomic E-state index is 13.7. The Morgan fingerprint density at radius 1 is 1.06 bits per heavy atom. The number of hydrogen-bond acceptors (Lipinski definition) is 1. The van der Waals surface area contributed by atoms with Gasteiger partial charge in [0.25, 0.3) is 0 Å². The lowest BCUT2D eigenvalue weighted by Gasteiger charge is -2.20. The Balaban J connectivity index is 2.31. The average Bonchev–Trinajstić information content (AvgIpc) is 2.41. The zero-order valence-electron chi connectivity index (χ0n) is 10.6. The fourth-order valence-corrected chi connectivity index (χ4v) is 2.10. The van der Waals surface area contributed by atoms with Crippen LogP contribution in [0.15, 0.2) is 48.5 Å². The van der Waals surface area contributed by atoms with Crippen molar-refractivity contribution < 1.29 is 9.50 Å². The minimum Gasteiger partial charge on any atom is -0.388 e. The molecule has 0 saturated carbocycles. The molecule has 2 heteroatoms. The normalized spacial score (nSPS) is 14.2. The van der Waals surface area contributed by atoms with Crippen LogP contribution in [0.25, 0.3) is 0 Å². The summed E-state index contributed by atoms with van der Waals surface area (Å²) in [6, 6.07) is 14.5. The summed E-state index contributed by atoms with van der Waals surface area (Å²) in [6.07, 6.45) is -0.827. The van der Waals surface area contributed by atoms with Gasteiger partial charge in [0.1, 0.15) is 5.82 Å². The van der Waals surface area contributed by atoms with E-state index in [-0.39, 0.29) is 11.7 Å². The van der Waals surface area contributed by atoms with Gasteiger partial charge in [-0.1, -0.05) is 55.0 Å². The van der Waals surface area contributed by atoms with Gasteiger partial charge in [-0.15, -0.1) is 0 Å². The second kappa shape index (κ2) is 5.32. The highest BCUT2D eigenvalue weighted by Crippen LogP contribution is 2.32. The molecule has 2 unspecified atom stereocenters. The first-order chi connectivity index (χ1) is 8.59. The number of aryl methyl sites for hydroxylation is 1. The Kier molecular flexibility index (Phi) is 3.78. The van der Waals surface area contributed by atoms with E-state index in [1.165, 1.54) is 6.07 Å². The fraction of sp³-hybridized carbons (Fsp3) is 0.250. The molecule has 0 spiro atoms. The van der Waals surface area contributed by atoms with E-state index in [2.05, 4.69) is 0 Å². The summed E-state index contributed by atoms with van der Waals surface area (Å²) in [4.78, 5) is 0. The minimum atomic E-state index is -0.827. The predicted molar refractivity (Wildman–Crippen MR) is 71.0 cm³/mol. The van der Waals surface area contributed by atoms with Gasteiger partial charge in [0.2, 0.25) is 0 Å². The first-order valence-electron chi connectivity index (χ1n) is 6.08. The maximum atomic E-state index is 13.7. The van der Waals surface area contributed by atoms with Crippen molar-refractivity contribution in [2.24, 2.45) is 0 Å². The molecule has 18 heavy (non-hydrogen) atoms. The van der Waals surface area contributed by atoms with Crippen molar-refractivity contribution in [3.8, 4) is 0 Å². The number of hydrogen-bond donors (Lipinski definition) is 1. The third-order valence-corrected chi connectivity index (χ3v) is 3.27. The summed E-state index contributed by atoms with van der Waals surface area (Å²) < 4.78 is 13.7. The highest BCUT2D eigenvalue weighted by atomic mass is 19.1. The molecule has 1 nitrogen and oxygen atoms in total. The third kappa shape index (κ3) is 2.59. The van der Waals surface area contributed by atoms with Crippen molar-refractivity contribution in [1.82, 2.24) is 0 Å². The fourth-order valence-electron chi connectivity index (χ4n) is 2.10. The Morgan fingerprint density at radius 2 is 1.72 bits per heavy atom. The van der Waals surface area contributed by atoms with Gasteiger partial charge in [0.15, 0.2) is 0 Å². The number of halogens is 1. The zero-order chi connectivity index (χ0) is 13.1. The standard InChI is InChI=1S/C16H17FO/c1-11-8-9-15(17)14(10-11)16(18)12(2)13-6-4-3-5-7-13/h3-10,12,16,18H,1-2H3. The van der Waals surface area contributed by atoms with Crippen molar-refractivity contribution in [2.75, 3.05) is 0 Å².